The number of nitrogens with one attached hydrogen (secondary N) is 2. The summed E-state index contributed by atoms with van der Waals surface area (Å²) in [7, 11) is 0. The van der Waals surface area contributed by atoms with Crippen molar-refractivity contribution in [2.75, 3.05) is 0 Å². The number of carbonyl (C=O) groups excluding carboxylic acids is 1. The van der Waals surface area contributed by atoms with Crippen LogP contribution in [0.3, 0.4) is 0 Å². The quantitative estimate of drug-likeness (QED) is 0.731. The molecule has 1 fully saturated rings. The van der Waals surface area contributed by atoms with Crippen LogP contribution in [0.15, 0.2) is 18.2 Å². The lowest BCUT2D eigenvalue weighted by Gasteiger charge is -2.39. The summed E-state index contributed by atoms with van der Waals surface area (Å²) in [5, 5.41) is 7.11. The van der Waals surface area contributed by atoms with Crippen molar-refractivity contribution in [1.29, 1.82) is 0 Å². The minimum atomic E-state index is -0.288. The second-order valence-electron chi connectivity index (χ2n) is 7.17. The summed E-state index contributed by atoms with van der Waals surface area (Å²) in [5.41, 5.74) is 0.722. The maximum atomic E-state index is 12.2. The summed E-state index contributed by atoms with van der Waals surface area (Å²) < 4.78 is 0. The standard InChI is InChI=1S/C17H22Cl2N2OS/c1-10-6-12(9-17(2,3)8-10)20-16(23)21-15(22)11-4-5-13(18)14(19)7-11/h4-5,7,10,12H,6,8-9H2,1-3H3,(H2,20,21,22,23)/t10-,12+/m1/s1. The van der Waals surface area contributed by atoms with Gasteiger partial charge in [0.25, 0.3) is 5.91 Å². The summed E-state index contributed by atoms with van der Waals surface area (Å²) in [6.07, 6.45) is 3.32. The molecule has 2 rings (SSSR count). The predicted octanol–water partition coefficient (Wildman–Crippen LogP) is 4.81. The van der Waals surface area contributed by atoms with Gasteiger partial charge in [0.15, 0.2) is 5.11 Å². The second kappa shape index (κ2) is 7.37. The van der Waals surface area contributed by atoms with Crippen LogP contribution in [0, 0.1) is 11.3 Å². The lowest BCUT2D eigenvalue weighted by atomic mass is 9.71. The van der Waals surface area contributed by atoms with E-state index >= 15 is 0 Å². The van der Waals surface area contributed by atoms with Crippen molar-refractivity contribution in [2.45, 2.75) is 46.1 Å². The van der Waals surface area contributed by atoms with Crippen molar-refractivity contribution in [3.63, 3.8) is 0 Å². The molecule has 1 amide bonds. The number of benzene rings is 1. The zero-order chi connectivity index (χ0) is 17.2. The monoisotopic (exact) mass is 372 g/mol. The molecular formula is C17H22Cl2N2OS. The van der Waals surface area contributed by atoms with Crippen LogP contribution < -0.4 is 10.6 Å². The Bertz CT molecular complexity index is 619. The topological polar surface area (TPSA) is 41.1 Å². The van der Waals surface area contributed by atoms with Gasteiger partial charge in [-0.3, -0.25) is 10.1 Å². The van der Waals surface area contributed by atoms with Crippen LogP contribution in [0.4, 0.5) is 0 Å². The smallest absolute Gasteiger partial charge is 0.257 e. The first-order valence-electron chi connectivity index (χ1n) is 7.73. The van der Waals surface area contributed by atoms with Crippen LogP contribution in [0.2, 0.25) is 10.0 Å². The van der Waals surface area contributed by atoms with E-state index in [1.54, 1.807) is 12.1 Å². The van der Waals surface area contributed by atoms with Crippen LogP contribution >= 0.6 is 35.4 Å². The van der Waals surface area contributed by atoms with E-state index in [4.69, 9.17) is 35.4 Å². The van der Waals surface area contributed by atoms with Crippen molar-refractivity contribution < 1.29 is 4.79 Å². The van der Waals surface area contributed by atoms with Crippen LogP contribution in [-0.4, -0.2) is 17.1 Å². The first-order valence-corrected chi connectivity index (χ1v) is 8.89. The highest BCUT2D eigenvalue weighted by Gasteiger charge is 2.32. The first-order chi connectivity index (χ1) is 10.7. The molecule has 3 nitrogen and oxygen atoms in total. The molecule has 2 atom stereocenters. The fraction of sp³-hybridized carbons (Fsp3) is 0.529. The fourth-order valence-corrected chi connectivity index (χ4v) is 4.05. The van der Waals surface area contributed by atoms with E-state index in [-0.39, 0.29) is 11.9 Å². The summed E-state index contributed by atoms with van der Waals surface area (Å²) >= 11 is 17.1. The third-order valence-electron chi connectivity index (χ3n) is 4.13. The highest BCUT2D eigenvalue weighted by Crippen LogP contribution is 2.38. The van der Waals surface area contributed by atoms with Gasteiger partial charge in [0.2, 0.25) is 0 Å². The Morgan fingerprint density at radius 1 is 1.26 bits per heavy atom. The number of carbonyl (C=O) groups is 1. The van der Waals surface area contributed by atoms with Crippen molar-refractivity contribution in [2.24, 2.45) is 11.3 Å². The van der Waals surface area contributed by atoms with Crippen molar-refractivity contribution in [3.05, 3.63) is 33.8 Å². The molecule has 6 heteroatoms. The fourth-order valence-electron chi connectivity index (χ4n) is 3.49. The van der Waals surface area contributed by atoms with Crippen molar-refractivity contribution in [1.82, 2.24) is 10.6 Å². The van der Waals surface area contributed by atoms with Gasteiger partial charge < -0.3 is 5.32 Å². The van der Waals surface area contributed by atoms with Gasteiger partial charge in [0.1, 0.15) is 0 Å². The van der Waals surface area contributed by atoms with Crippen LogP contribution in [0.5, 0.6) is 0 Å². The second-order valence-corrected chi connectivity index (χ2v) is 8.39. The third kappa shape index (κ3) is 5.33. The average Bonchev–Trinajstić information content (AvgIpc) is 2.39. The van der Waals surface area contributed by atoms with E-state index in [1.165, 1.54) is 12.5 Å². The van der Waals surface area contributed by atoms with Gasteiger partial charge in [-0.1, -0.05) is 44.0 Å². The molecule has 1 aromatic carbocycles. The molecule has 0 saturated heterocycles. The zero-order valence-corrected chi connectivity index (χ0v) is 15.9. The van der Waals surface area contributed by atoms with Crippen LogP contribution in [-0.2, 0) is 0 Å². The van der Waals surface area contributed by atoms with Gasteiger partial charge in [-0.25, -0.2) is 0 Å². The molecule has 1 aliphatic rings. The van der Waals surface area contributed by atoms with E-state index in [2.05, 4.69) is 31.4 Å². The molecule has 126 valence electrons. The van der Waals surface area contributed by atoms with Gasteiger partial charge >= 0.3 is 0 Å². The number of hydrogen-bond donors (Lipinski definition) is 2. The maximum Gasteiger partial charge on any atom is 0.257 e. The minimum absolute atomic E-state index is 0.287. The first kappa shape index (κ1) is 18.5. The molecule has 0 heterocycles. The number of hydrogen-bond acceptors (Lipinski definition) is 2. The molecule has 1 saturated carbocycles. The predicted molar refractivity (Wildman–Crippen MR) is 100 cm³/mol. The lowest BCUT2D eigenvalue weighted by Crippen LogP contribution is -2.48. The Labute approximate surface area is 153 Å². The Morgan fingerprint density at radius 2 is 1.96 bits per heavy atom. The van der Waals surface area contributed by atoms with Gasteiger partial charge in [-0.05, 0) is 61.0 Å². The zero-order valence-electron chi connectivity index (χ0n) is 13.6. The van der Waals surface area contributed by atoms with Crippen molar-refractivity contribution >= 4 is 46.4 Å². The number of rotatable bonds is 2. The molecular weight excluding hydrogens is 351 g/mol. The van der Waals surface area contributed by atoms with Gasteiger partial charge in [-0.15, -0.1) is 0 Å². The molecule has 1 aromatic rings. The Morgan fingerprint density at radius 3 is 2.57 bits per heavy atom. The largest absolute Gasteiger partial charge is 0.360 e. The number of thiocarbonyl (C=S) groups is 1. The minimum Gasteiger partial charge on any atom is -0.360 e. The number of amides is 1. The summed E-state index contributed by atoms with van der Waals surface area (Å²) in [5.74, 6) is 0.356. The molecule has 23 heavy (non-hydrogen) atoms. The van der Waals surface area contributed by atoms with E-state index in [9.17, 15) is 4.79 Å². The Kier molecular flexibility index (Phi) is 5.93. The van der Waals surface area contributed by atoms with E-state index in [0.717, 1.165) is 12.8 Å². The normalized spacial score (nSPS) is 23.2. The van der Waals surface area contributed by atoms with Crippen LogP contribution in [0.25, 0.3) is 0 Å². The average molecular weight is 373 g/mol. The van der Waals surface area contributed by atoms with Gasteiger partial charge in [-0.2, -0.15) is 0 Å². The van der Waals surface area contributed by atoms with Crippen molar-refractivity contribution in [3.8, 4) is 0 Å². The molecule has 0 aromatic heterocycles. The van der Waals surface area contributed by atoms with Crippen LogP contribution in [0.1, 0.15) is 50.4 Å². The molecule has 0 spiro atoms. The van der Waals surface area contributed by atoms with Gasteiger partial charge in [0, 0.05) is 11.6 Å². The molecule has 2 N–H and O–H groups in total. The van der Waals surface area contributed by atoms with E-state index < -0.39 is 0 Å². The lowest BCUT2D eigenvalue weighted by molar-refractivity contribution is 0.0975. The van der Waals surface area contributed by atoms with E-state index in [0.29, 0.717) is 32.1 Å². The summed E-state index contributed by atoms with van der Waals surface area (Å²) in [6, 6.07) is 5.04. The number of halogens is 2. The van der Waals surface area contributed by atoms with Gasteiger partial charge in [0.05, 0.1) is 10.0 Å². The Hall–Kier alpha value is -0.840. The summed E-state index contributed by atoms with van der Waals surface area (Å²) in [6.45, 7) is 6.80. The molecule has 0 bridgehead atoms. The molecule has 1 aliphatic carbocycles. The molecule has 0 aliphatic heterocycles. The molecule has 0 radical (unpaired) electrons. The highest BCUT2D eigenvalue weighted by atomic mass is 35.5. The highest BCUT2D eigenvalue weighted by molar-refractivity contribution is 7.80. The molecule has 0 unspecified atom stereocenters. The third-order valence-corrected chi connectivity index (χ3v) is 5.09. The Balaban J connectivity index is 1.93. The maximum absolute atomic E-state index is 12.2. The summed E-state index contributed by atoms with van der Waals surface area (Å²) in [4.78, 5) is 12.2. The SMILES string of the molecule is C[C@@H]1C[C@H](NC(=S)NC(=O)c2ccc(Cl)c(Cl)c2)CC(C)(C)C1. The van der Waals surface area contributed by atoms with E-state index in [1.807, 2.05) is 0 Å².